The van der Waals surface area contributed by atoms with Gasteiger partial charge in [0.05, 0.1) is 6.54 Å². The molecule has 4 nitrogen and oxygen atoms in total. The van der Waals surface area contributed by atoms with E-state index in [9.17, 15) is 9.59 Å². The van der Waals surface area contributed by atoms with Crippen LogP contribution in [0.3, 0.4) is 0 Å². The summed E-state index contributed by atoms with van der Waals surface area (Å²) in [6.45, 7) is 3.73. The number of esters is 1. The predicted molar refractivity (Wildman–Crippen MR) is 42.3 cm³/mol. The van der Waals surface area contributed by atoms with E-state index in [-0.39, 0.29) is 23.9 Å². The molecule has 1 aliphatic rings. The van der Waals surface area contributed by atoms with E-state index in [1.54, 1.807) is 0 Å². The van der Waals surface area contributed by atoms with Crippen molar-refractivity contribution >= 4 is 11.9 Å². The van der Waals surface area contributed by atoms with Gasteiger partial charge in [-0.25, -0.2) is 0 Å². The van der Waals surface area contributed by atoms with E-state index in [4.69, 9.17) is 4.74 Å². The fraction of sp³-hybridized carbons (Fsp3) is 0.750. The second-order valence-corrected chi connectivity index (χ2v) is 3.13. The summed E-state index contributed by atoms with van der Waals surface area (Å²) in [6.07, 6.45) is 0.290. The van der Waals surface area contributed by atoms with Gasteiger partial charge in [-0.1, -0.05) is 6.92 Å². The van der Waals surface area contributed by atoms with Crippen molar-refractivity contribution in [3.63, 3.8) is 0 Å². The van der Waals surface area contributed by atoms with Crippen LogP contribution in [0.2, 0.25) is 0 Å². The van der Waals surface area contributed by atoms with Crippen LogP contribution in [0, 0.1) is 5.92 Å². The lowest BCUT2D eigenvalue weighted by Gasteiger charge is -2.27. The van der Waals surface area contributed by atoms with E-state index in [0.717, 1.165) is 0 Å². The SMILES string of the molecule is CC(=O)O[C@@H]1CNC(=O)C[C@H]1C. The predicted octanol–water partition coefficient (Wildman–Crippen LogP) is 0.0741. The molecule has 1 heterocycles. The first-order valence-electron chi connectivity index (χ1n) is 4.03. The Labute approximate surface area is 71.3 Å². The molecule has 1 rings (SSSR count). The number of rotatable bonds is 1. The van der Waals surface area contributed by atoms with Crippen LogP contribution in [0.4, 0.5) is 0 Å². The minimum atomic E-state index is -0.289. The Bertz CT molecular complexity index is 202. The Hall–Kier alpha value is -1.06. The van der Waals surface area contributed by atoms with Gasteiger partial charge in [-0.05, 0) is 0 Å². The van der Waals surface area contributed by atoms with Crippen LogP contribution in [-0.2, 0) is 14.3 Å². The lowest BCUT2D eigenvalue weighted by atomic mass is 9.97. The topological polar surface area (TPSA) is 55.4 Å². The molecule has 1 N–H and O–H groups in total. The van der Waals surface area contributed by atoms with Gasteiger partial charge in [0.15, 0.2) is 0 Å². The molecule has 0 unspecified atom stereocenters. The molecule has 1 saturated heterocycles. The van der Waals surface area contributed by atoms with Crippen molar-refractivity contribution < 1.29 is 14.3 Å². The number of carbonyl (C=O) groups excluding carboxylic acids is 2. The molecule has 0 aromatic heterocycles. The van der Waals surface area contributed by atoms with Crippen LogP contribution >= 0.6 is 0 Å². The number of nitrogens with one attached hydrogen (secondary N) is 1. The summed E-state index contributed by atoms with van der Waals surface area (Å²) in [5, 5.41) is 2.65. The first-order valence-corrected chi connectivity index (χ1v) is 4.03. The number of amides is 1. The third kappa shape index (κ3) is 2.22. The van der Waals surface area contributed by atoms with Gasteiger partial charge >= 0.3 is 5.97 Å². The molecule has 0 aromatic carbocycles. The Morgan fingerprint density at radius 3 is 2.83 bits per heavy atom. The maximum absolute atomic E-state index is 10.9. The Balaban J connectivity index is 2.45. The molecule has 68 valence electrons. The maximum Gasteiger partial charge on any atom is 0.302 e. The second-order valence-electron chi connectivity index (χ2n) is 3.13. The summed E-state index contributed by atoms with van der Waals surface area (Å²) in [5.41, 5.74) is 0. The summed E-state index contributed by atoms with van der Waals surface area (Å²) in [4.78, 5) is 21.5. The molecule has 12 heavy (non-hydrogen) atoms. The highest BCUT2D eigenvalue weighted by atomic mass is 16.5. The van der Waals surface area contributed by atoms with Gasteiger partial charge in [0, 0.05) is 19.3 Å². The van der Waals surface area contributed by atoms with Crippen LogP contribution in [-0.4, -0.2) is 24.5 Å². The van der Waals surface area contributed by atoms with Gasteiger partial charge in [-0.3, -0.25) is 9.59 Å². The van der Waals surface area contributed by atoms with Crippen LogP contribution in [0.5, 0.6) is 0 Å². The van der Waals surface area contributed by atoms with Gasteiger partial charge in [0.25, 0.3) is 0 Å². The van der Waals surface area contributed by atoms with E-state index < -0.39 is 0 Å². The zero-order chi connectivity index (χ0) is 9.14. The molecule has 0 spiro atoms. The highest BCUT2D eigenvalue weighted by molar-refractivity contribution is 5.77. The van der Waals surface area contributed by atoms with Gasteiger partial charge in [0.1, 0.15) is 6.10 Å². The van der Waals surface area contributed by atoms with Gasteiger partial charge in [-0.2, -0.15) is 0 Å². The summed E-state index contributed by atoms with van der Waals surface area (Å²) in [5.74, 6) is -0.128. The monoisotopic (exact) mass is 171 g/mol. The summed E-state index contributed by atoms with van der Waals surface area (Å²) in [7, 11) is 0. The maximum atomic E-state index is 10.9. The van der Waals surface area contributed by atoms with E-state index in [1.165, 1.54) is 6.92 Å². The number of hydrogen-bond acceptors (Lipinski definition) is 3. The van der Waals surface area contributed by atoms with Crippen molar-refractivity contribution in [1.29, 1.82) is 0 Å². The first kappa shape index (κ1) is 9.03. The van der Waals surface area contributed by atoms with Gasteiger partial charge in [0.2, 0.25) is 5.91 Å². The van der Waals surface area contributed by atoms with Crippen LogP contribution < -0.4 is 5.32 Å². The molecule has 0 aromatic rings. The minimum absolute atomic E-state index is 0.0332. The number of piperidine rings is 1. The highest BCUT2D eigenvalue weighted by Gasteiger charge is 2.27. The molecule has 0 saturated carbocycles. The van der Waals surface area contributed by atoms with Gasteiger partial charge in [-0.15, -0.1) is 0 Å². The molecule has 0 radical (unpaired) electrons. The average Bonchev–Trinajstić information content (AvgIpc) is 1.94. The fourth-order valence-corrected chi connectivity index (χ4v) is 1.28. The number of hydrogen-bond donors (Lipinski definition) is 1. The molecule has 1 amide bonds. The normalized spacial score (nSPS) is 29.3. The van der Waals surface area contributed by atoms with Gasteiger partial charge < -0.3 is 10.1 Å². The summed E-state index contributed by atoms with van der Waals surface area (Å²) >= 11 is 0. The van der Waals surface area contributed by atoms with Crippen molar-refractivity contribution in [2.24, 2.45) is 5.92 Å². The van der Waals surface area contributed by atoms with Crippen molar-refractivity contribution in [3.05, 3.63) is 0 Å². The van der Waals surface area contributed by atoms with Crippen molar-refractivity contribution in [1.82, 2.24) is 5.32 Å². The first-order chi connectivity index (χ1) is 5.59. The van der Waals surface area contributed by atoms with Crippen molar-refractivity contribution in [2.75, 3.05) is 6.54 Å². The smallest absolute Gasteiger partial charge is 0.302 e. The van der Waals surface area contributed by atoms with Crippen LogP contribution in [0.25, 0.3) is 0 Å². The van der Waals surface area contributed by atoms with E-state index in [2.05, 4.69) is 5.32 Å². The minimum Gasteiger partial charge on any atom is -0.460 e. The fourth-order valence-electron chi connectivity index (χ4n) is 1.28. The van der Waals surface area contributed by atoms with Crippen LogP contribution in [0.15, 0.2) is 0 Å². The lowest BCUT2D eigenvalue weighted by Crippen LogP contribution is -2.45. The Morgan fingerprint density at radius 2 is 2.33 bits per heavy atom. The molecular formula is C8H13NO3. The van der Waals surface area contributed by atoms with E-state index in [1.807, 2.05) is 6.92 Å². The zero-order valence-corrected chi connectivity index (χ0v) is 7.29. The number of ether oxygens (including phenoxy) is 1. The molecular weight excluding hydrogens is 158 g/mol. The standard InChI is InChI=1S/C8H13NO3/c1-5-3-8(11)9-4-7(5)12-6(2)10/h5,7H,3-4H2,1-2H3,(H,9,11)/t5-,7-/m1/s1. The Kier molecular flexibility index (Phi) is 2.68. The molecule has 2 atom stereocenters. The summed E-state index contributed by atoms with van der Waals surface area (Å²) in [6, 6.07) is 0. The molecule has 1 aliphatic heterocycles. The van der Waals surface area contributed by atoms with Crippen LogP contribution in [0.1, 0.15) is 20.3 Å². The lowest BCUT2D eigenvalue weighted by molar-refractivity contribution is -0.152. The molecule has 0 bridgehead atoms. The largest absolute Gasteiger partial charge is 0.460 e. The third-order valence-electron chi connectivity index (χ3n) is 1.96. The second kappa shape index (κ2) is 3.56. The van der Waals surface area contributed by atoms with E-state index >= 15 is 0 Å². The summed E-state index contributed by atoms with van der Waals surface area (Å²) < 4.78 is 5.00. The number of carbonyl (C=O) groups is 2. The Morgan fingerprint density at radius 1 is 1.67 bits per heavy atom. The van der Waals surface area contributed by atoms with Crippen molar-refractivity contribution in [3.8, 4) is 0 Å². The average molecular weight is 171 g/mol. The van der Waals surface area contributed by atoms with E-state index in [0.29, 0.717) is 13.0 Å². The van der Waals surface area contributed by atoms with Crippen molar-refractivity contribution in [2.45, 2.75) is 26.4 Å². The zero-order valence-electron chi connectivity index (χ0n) is 7.29. The molecule has 4 heteroatoms. The quantitative estimate of drug-likeness (QED) is 0.568. The third-order valence-corrected chi connectivity index (χ3v) is 1.96. The highest BCUT2D eigenvalue weighted by Crippen LogP contribution is 2.15. The molecule has 1 fully saturated rings. The molecule has 0 aliphatic carbocycles.